The molecule has 0 aromatic rings. The molecule has 0 aliphatic carbocycles. The number of ether oxygens (including phenoxy) is 4. The summed E-state index contributed by atoms with van der Waals surface area (Å²) >= 11 is 0. The molecule has 0 spiro atoms. The van der Waals surface area contributed by atoms with E-state index in [1.54, 1.807) is 0 Å². The Kier molecular flexibility index (Phi) is 71.8. The van der Waals surface area contributed by atoms with Crippen molar-refractivity contribution in [3.05, 3.63) is 109 Å². The minimum atomic E-state index is -4.99. The monoisotopic (exact) mass is 1470 g/mol. The molecule has 0 aliphatic heterocycles. The van der Waals surface area contributed by atoms with E-state index >= 15 is 0 Å². The van der Waals surface area contributed by atoms with Gasteiger partial charge in [-0.15, -0.1) is 0 Å². The van der Waals surface area contributed by atoms with Crippen molar-refractivity contribution in [2.45, 2.75) is 354 Å². The van der Waals surface area contributed by atoms with Gasteiger partial charge in [0, 0.05) is 25.7 Å². The molecule has 0 bridgehead atoms. The van der Waals surface area contributed by atoms with Crippen molar-refractivity contribution in [3.8, 4) is 0 Å². The van der Waals surface area contributed by atoms with Crippen LogP contribution in [0, 0.1) is 0 Å². The number of carbonyl (C=O) groups is 4. The highest BCUT2D eigenvalue weighted by molar-refractivity contribution is 7.47. The largest absolute Gasteiger partial charge is 0.472 e. The fraction of sp³-hybridized carbons (Fsp3) is 0.735. The summed E-state index contributed by atoms with van der Waals surface area (Å²) in [5, 5.41) is 10.6. The Morgan fingerprint density at radius 2 is 0.510 bits per heavy atom. The average molecular weight is 1480 g/mol. The van der Waals surface area contributed by atoms with Gasteiger partial charge in [0.1, 0.15) is 19.3 Å². The summed E-state index contributed by atoms with van der Waals surface area (Å²) in [6.45, 7) is 4.61. The van der Waals surface area contributed by atoms with Crippen molar-refractivity contribution >= 4 is 39.5 Å². The van der Waals surface area contributed by atoms with Crippen molar-refractivity contribution in [1.29, 1.82) is 0 Å². The zero-order valence-electron chi connectivity index (χ0n) is 64.3. The second-order valence-electron chi connectivity index (χ2n) is 26.6. The summed E-state index contributed by atoms with van der Waals surface area (Å²) in [5.74, 6) is -2.21. The molecule has 5 unspecified atom stereocenters. The Bertz CT molecular complexity index is 2360. The van der Waals surface area contributed by atoms with Gasteiger partial charge in [0.05, 0.1) is 26.4 Å². The quantitative estimate of drug-likeness (QED) is 0.0169. The van der Waals surface area contributed by atoms with Crippen molar-refractivity contribution < 1.29 is 80.2 Å². The van der Waals surface area contributed by atoms with Gasteiger partial charge in [-0.2, -0.15) is 0 Å². The fourth-order valence-corrected chi connectivity index (χ4v) is 12.2. The number of rotatable bonds is 75. The van der Waals surface area contributed by atoms with Crippen LogP contribution >= 0.6 is 15.6 Å². The lowest BCUT2D eigenvalue weighted by atomic mass is 10.0. The molecule has 588 valence electrons. The summed E-state index contributed by atoms with van der Waals surface area (Å²) in [4.78, 5) is 73.0. The maximum absolute atomic E-state index is 13.1. The van der Waals surface area contributed by atoms with Crippen LogP contribution in [-0.4, -0.2) is 96.7 Å². The number of hydrogen-bond acceptors (Lipinski definition) is 15. The molecule has 102 heavy (non-hydrogen) atoms. The van der Waals surface area contributed by atoms with Gasteiger partial charge in [-0.3, -0.25) is 37.3 Å². The normalized spacial score (nSPS) is 14.5. The lowest BCUT2D eigenvalue weighted by molar-refractivity contribution is -0.161. The van der Waals surface area contributed by atoms with Gasteiger partial charge in [0.25, 0.3) is 0 Å². The number of aliphatic hydroxyl groups excluding tert-OH is 1. The van der Waals surface area contributed by atoms with E-state index < -0.39 is 97.5 Å². The molecule has 0 aromatic heterocycles. The smallest absolute Gasteiger partial charge is 0.462 e. The number of allylic oxidation sites excluding steroid dienone is 18. The Morgan fingerprint density at radius 3 is 0.804 bits per heavy atom. The molecule has 0 saturated heterocycles. The highest BCUT2D eigenvalue weighted by Gasteiger charge is 2.30. The van der Waals surface area contributed by atoms with Gasteiger partial charge in [0.15, 0.2) is 12.2 Å². The molecule has 0 radical (unpaired) electrons. The molecule has 5 atom stereocenters. The van der Waals surface area contributed by atoms with Crippen LogP contribution in [0.15, 0.2) is 109 Å². The first-order chi connectivity index (χ1) is 49.7. The van der Waals surface area contributed by atoms with Crippen LogP contribution in [0.4, 0.5) is 0 Å². The lowest BCUT2D eigenvalue weighted by Gasteiger charge is -2.21. The van der Waals surface area contributed by atoms with Gasteiger partial charge in [0.2, 0.25) is 0 Å². The average Bonchev–Trinajstić information content (AvgIpc) is 0.924. The van der Waals surface area contributed by atoms with E-state index in [1.165, 1.54) is 70.6 Å². The standard InChI is InChI=1S/C83H144O17P2/c1-5-9-13-17-21-25-29-33-36-37-38-39-42-45-48-52-56-60-64-68-81(86)94-74-79(100-83(88)70-66-62-58-54-50-46-41-35-31-27-23-19-15-11-7-3)76-98-102(91,92)96-72-77(84)71-95-101(89,90)97-75-78(99-82(87)69-65-61-57-53-49-43-32-28-24-20-16-12-8-4)73-93-80(85)67-63-59-55-51-47-44-40-34-30-26-22-18-14-10-6-2/h9,11,13,15,21-23,25-27,33-36,38-41,77-79,84H,5-8,10,12,14,16-20,24,28-32,37,42-76H2,1-4H3,(H,89,90)(H,91,92)/b13-9-,15-11-,25-21-,26-22-,27-23-,36-33-,39-38-,40-34-,41-35-. The maximum Gasteiger partial charge on any atom is 0.472 e. The van der Waals surface area contributed by atoms with Crippen LogP contribution in [0.25, 0.3) is 0 Å². The molecular weight excluding hydrogens is 1330 g/mol. The SMILES string of the molecule is CC/C=C\C/C=C\C/C=C\C/C=C\CCCCCCCCC(=O)OCC(COP(=O)(O)OCC(O)COP(=O)(O)OCC(COC(=O)CCCCCCC/C=C\C/C=C\CCCCC)OC(=O)CCCCCCCCCCCCCCC)OC(=O)CCCCCCC/C=C\C/C=C\C/C=C\CC. The molecule has 0 rings (SSSR count). The van der Waals surface area contributed by atoms with Gasteiger partial charge < -0.3 is 33.8 Å². The number of hydrogen-bond donors (Lipinski definition) is 3. The summed E-state index contributed by atoms with van der Waals surface area (Å²) in [6, 6.07) is 0. The molecule has 0 aliphatic rings. The van der Waals surface area contributed by atoms with Gasteiger partial charge >= 0.3 is 39.5 Å². The van der Waals surface area contributed by atoms with Gasteiger partial charge in [-0.1, -0.05) is 291 Å². The van der Waals surface area contributed by atoms with Gasteiger partial charge in [-0.25, -0.2) is 9.13 Å². The molecular formula is C83H144O17P2. The summed E-state index contributed by atoms with van der Waals surface area (Å²) in [6.07, 6.45) is 80.6. The van der Waals surface area contributed by atoms with E-state index in [-0.39, 0.29) is 25.7 Å². The summed E-state index contributed by atoms with van der Waals surface area (Å²) in [5.41, 5.74) is 0. The lowest BCUT2D eigenvalue weighted by Crippen LogP contribution is -2.30. The number of unbranched alkanes of at least 4 members (excludes halogenated alkanes) is 31. The number of aliphatic hydroxyl groups is 1. The second kappa shape index (κ2) is 75.0. The predicted molar refractivity (Wildman–Crippen MR) is 418 cm³/mol. The van der Waals surface area contributed by atoms with Crippen LogP contribution < -0.4 is 0 Å². The second-order valence-corrected chi connectivity index (χ2v) is 29.5. The van der Waals surface area contributed by atoms with Crippen molar-refractivity contribution in [2.75, 3.05) is 39.6 Å². The first kappa shape index (κ1) is 97.7. The predicted octanol–water partition coefficient (Wildman–Crippen LogP) is 23.3. The van der Waals surface area contributed by atoms with Gasteiger partial charge in [-0.05, 0) is 128 Å². The Hall–Kier alpha value is -4.28. The topological polar surface area (TPSA) is 237 Å². The molecule has 17 nitrogen and oxygen atoms in total. The highest BCUT2D eigenvalue weighted by Crippen LogP contribution is 2.45. The third-order valence-corrected chi connectivity index (χ3v) is 18.6. The first-order valence-electron chi connectivity index (χ1n) is 40.1. The van der Waals surface area contributed by atoms with Crippen LogP contribution in [-0.2, 0) is 65.4 Å². The maximum atomic E-state index is 13.1. The van der Waals surface area contributed by atoms with Crippen molar-refractivity contribution in [1.82, 2.24) is 0 Å². The van der Waals surface area contributed by atoms with E-state index in [0.717, 1.165) is 186 Å². The summed E-state index contributed by atoms with van der Waals surface area (Å²) in [7, 11) is -9.96. The van der Waals surface area contributed by atoms with E-state index in [4.69, 9.17) is 37.0 Å². The third-order valence-electron chi connectivity index (χ3n) is 16.7. The molecule has 0 aromatic carbocycles. The molecule has 0 amide bonds. The number of carbonyl (C=O) groups excluding carboxylic acids is 4. The molecule has 19 heteroatoms. The number of esters is 4. The molecule has 0 saturated carbocycles. The number of phosphoric acid groups is 2. The minimum Gasteiger partial charge on any atom is -0.462 e. The first-order valence-corrected chi connectivity index (χ1v) is 43.1. The zero-order chi connectivity index (χ0) is 74.6. The fourth-order valence-electron chi connectivity index (χ4n) is 10.7. The summed E-state index contributed by atoms with van der Waals surface area (Å²) < 4.78 is 68.6. The highest BCUT2D eigenvalue weighted by atomic mass is 31.2. The van der Waals surface area contributed by atoms with E-state index in [1.807, 2.05) is 0 Å². The van der Waals surface area contributed by atoms with Crippen molar-refractivity contribution in [2.24, 2.45) is 0 Å². The van der Waals surface area contributed by atoms with Crippen molar-refractivity contribution in [3.63, 3.8) is 0 Å². The number of phosphoric ester groups is 2. The Morgan fingerprint density at radius 1 is 0.284 bits per heavy atom. The van der Waals surface area contributed by atoms with E-state index in [2.05, 4.69) is 137 Å². The van der Waals surface area contributed by atoms with Crippen LogP contribution in [0.5, 0.6) is 0 Å². The zero-order valence-corrected chi connectivity index (χ0v) is 66.0. The Labute approximate surface area is 619 Å². The van der Waals surface area contributed by atoms with E-state index in [0.29, 0.717) is 25.7 Å². The molecule has 0 heterocycles. The Balaban J connectivity index is 5.36. The minimum absolute atomic E-state index is 0.0709. The van der Waals surface area contributed by atoms with Crippen LogP contribution in [0.2, 0.25) is 0 Å². The molecule has 3 N–H and O–H groups in total. The third kappa shape index (κ3) is 74.0. The van der Waals surface area contributed by atoms with Crippen LogP contribution in [0.1, 0.15) is 336 Å². The van der Waals surface area contributed by atoms with E-state index in [9.17, 15) is 43.2 Å². The van der Waals surface area contributed by atoms with Crippen LogP contribution in [0.3, 0.4) is 0 Å². The molecule has 0 fully saturated rings.